The number of nitrogens with zero attached hydrogens (tertiary/aromatic N) is 1. The fourth-order valence-corrected chi connectivity index (χ4v) is 2.55. The Kier molecular flexibility index (Phi) is 5.99. The third-order valence-electron chi connectivity index (χ3n) is 3.82. The molecule has 1 atom stereocenters. The molecule has 1 amide bonds. The van der Waals surface area contributed by atoms with Gasteiger partial charge < -0.3 is 11.1 Å². The predicted octanol–water partition coefficient (Wildman–Crippen LogP) is 2.11. The molecule has 20 heavy (non-hydrogen) atoms. The van der Waals surface area contributed by atoms with E-state index in [1.807, 2.05) is 30.3 Å². The lowest BCUT2D eigenvalue weighted by atomic mass is 9.80. The van der Waals surface area contributed by atoms with Crippen molar-refractivity contribution >= 4 is 24.0 Å². The summed E-state index contributed by atoms with van der Waals surface area (Å²) in [6, 6.07) is 9.78. The Hall–Kier alpha value is -1.10. The molecule has 0 aliphatic carbocycles. The summed E-state index contributed by atoms with van der Waals surface area (Å²) in [6.07, 6.45) is 0.950. The van der Waals surface area contributed by atoms with E-state index in [0.717, 1.165) is 25.2 Å². The standard InChI is InChI=1S/C15H23N3O.ClH/c1-15(2)11-18(9-8-13(15)16)10-14(19)17-12-6-4-3-5-7-12;/h3-7,13H,8-11,16H2,1-2H3,(H,17,19);1H. The summed E-state index contributed by atoms with van der Waals surface area (Å²) in [6.45, 7) is 6.53. The molecule has 0 bridgehead atoms. The van der Waals surface area contributed by atoms with Crippen LogP contribution < -0.4 is 11.1 Å². The molecule has 1 aromatic rings. The fourth-order valence-electron chi connectivity index (χ4n) is 2.55. The van der Waals surface area contributed by atoms with E-state index in [1.54, 1.807) is 0 Å². The van der Waals surface area contributed by atoms with Crippen LogP contribution in [0.2, 0.25) is 0 Å². The van der Waals surface area contributed by atoms with Gasteiger partial charge in [-0.25, -0.2) is 0 Å². The van der Waals surface area contributed by atoms with Gasteiger partial charge in [-0.15, -0.1) is 12.4 Å². The van der Waals surface area contributed by atoms with E-state index in [9.17, 15) is 4.79 Å². The third kappa shape index (κ3) is 4.47. The molecule has 1 aliphatic heterocycles. The minimum Gasteiger partial charge on any atom is -0.327 e. The maximum Gasteiger partial charge on any atom is 0.238 e. The first-order valence-electron chi connectivity index (χ1n) is 6.80. The number of carbonyl (C=O) groups is 1. The smallest absolute Gasteiger partial charge is 0.238 e. The van der Waals surface area contributed by atoms with Gasteiger partial charge in [-0.1, -0.05) is 32.0 Å². The number of nitrogens with two attached hydrogens (primary N) is 1. The number of hydrogen-bond donors (Lipinski definition) is 2. The number of halogens is 1. The maximum atomic E-state index is 12.0. The van der Waals surface area contributed by atoms with Crippen LogP contribution in [-0.2, 0) is 4.79 Å². The highest BCUT2D eigenvalue weighted by Gasteiger charge is 2.33. The van der Waals surface area contributed by atoms with E-state index in [4.69, 9.17) is 5.73 Å². The van der Waals surface area contributed by atoms with E-state index in [0.29, 0.717) is 6.54 Å². The second-order valence-corrected chi connectivity index (χ2v) is 6.01. The molecule has 5 heteroatoms. The second-order valence-electron chi connectivity index (χ2n) is 6.01. The number of nitrogens with one attached hydrogen (secondary N) is 1. The molecule has 1 aliphatic rings. The van der Waals surface area contributed by atoms with Crippen LogP contribution in [-0.4, -0.2) is 36.5 Å². The summed E-state index contributed by atoms with van der Waals surface area (Å²) in [5.41, 5.74) is 7.02. The molecule has 1 unspecified atom stereocenters. The number of rotatable bonds is 3. The number of piperidine rings is 1. The second kappa shape index (κ2) is 7.07. The number of benzene rings is 1. The lowest BCUT2D eigenvalue weighted by Gasteiger charge is -2.42. The molecule has 4 nitrogen and oxygen atoms in total. The first-order valence-corrected chi connectivity index (χ1v) is 6.80. The Labute approximate surface area is 127 Å². The third-order valence-corrected chi connectivity index (χ3v) is 3.82. The highest BCUT2D eigenvalue weighted by Crippen LogP contribution is 2.27. The van der Waals surface area contributed by atoms with Crippen molar-refractivity contribution in [1.29, 1.82) is 0 Å². The average Bonchev–Trinajstić information content (AvgIpc) is 2.34. The number of likely N-dealkylation sites (tertiary alicyclic amines) is 1. The van der Waals surface area contributed by atoms with Gasteiger partial charge in [-0.2, -0.15) is 0 Å². The summed E-state index contributed by atoms with van der Waals surface area (Å²) in [5, 5.41) is 2.92. The Morgan fingerprint density at radius 1 is 1.40 bits per heavy atom. The van der Waals surface area contributed by atoms with Gasteiger partial charge in [0.1, 0.15) is 0 Å². The topological polar surface area (TPSA) is 58.4 Å². The molecule has 1 saturated heterocycles. The predicted molar refractivity (Wildman–Crippen MR) is 85.1 cm³/mol. The summed E-state index contributed by atoms with van der Waals surface area (Å²) < 4.78 is 0. The van der Waals surface area contributed by atoms with Gasteiger partial charge in [0, 0.05) is 24.8 Å². The lowest BCUT2D eigenvalue weighted by molar-refractivity contribution is -0.118. The zero-order valence-electron chi connectivity index (χ0n) is 12.1. The molecule has 0 saturated carbocycles. The van der Waals surface area contributed by atoms with Gasteiger partial charge in [-0.05, 0) is 24.0 Å². The summed E-state index contributed by atoms with van der Waals surface area (Å²) in [5.74, 6) is 0.0393. The number of para-hydroxylation sites is 1. The van der Waals surface area contributed by atoms with E-state index in [-0.39, 0.29) is 29.8 Å². The van der Waals surface area contributed by atoms with Crippen LogP contribution in [0.1, 0.15) is 20.3 Å². The number of amides is 1. The van der Waals surface area contributed by atoms with Crippen molar-refractivity contribution in [2.45, 2.75) is 26.3 Å². The van der Waals surface area contributed by atoms with E-state index < -0.39 is 0 Å². The molecule has 1 fully saturated rings. The van der Waals surface area contributed by atoms with Crippen molar-refractivity contribution in [3.05, 3.63) is 30.3 Å². The summed E-state index contributed by atoms with van der Waals surface area (Å²) in [7, 11) is 0. The van der Waals surface area contributed by atoms with Crippen LogP contribution >= 0.6 is 12.4 Å². The van der Waals surface area contributed by atoms with Crippen molar-refractivity contribution < 1.29 is 4.79 Å². The van der Waals surface area contributed by atoms with Gasteiger partial charge >= 0.3 is 0 Å². The van der Waals surface area contributed by atoms with Crippen LogP contribution in [0.4, 0.5) is 5.69 Å². The van der Waals surface area contributed by atoms with Gasteiger partial charge in [0.05, 0.1) is 6.54 Å². The maximum absolute atomic E-state index is 12.0. The Morgan fingerprint density at radius 2 is 2.05 bits per heavy atom. The van der Waals surface area contributed by atoms with Crippen LogP contribution in [0.25, 0.3) is 0 Å². The van der Waals surface area contributed by atoms with Crippen LogP contribution in [0.5, 0.6) is 0 Å². The molecule has 0 spiro atoms. The lowest BCUT2D eigenvalue weighted by Crippen LogP contribution is -2.53. The van der Waals surface area contributed by atoms with E-state index >= 15 is 0 Å². The molecule has 1 aromatic carbocycles. The normalized spacial score (nSPS) is 21.9. The van der Waals surface area contributed by atoms with Crippen LogP contribution in [0.3, 0.4) is 0 Å². The highest BCUT2D eigenvalue weighted by atomic mass is 35.5. The summed E-state index contributed by atoms with van der Waals surface area (Å²) >= 11 is 0. The zero-order chi connectivity index (χ0) is 13.9. The van der Waals surface area contributed by atoms with Crippen molar-refractivity contribution in [3.8, 4) is 0 Å². The minimum absolute atomic E-state index is 0. The average molecular weight is 298 g/mol. The monoisotopic (exact) mass is 297 g/mol. The molecular formula is C15H24ClN3O. The molecule has 0 radical (unpaired) electrons. The van der Waals surface area contributed by atoms with Crippen molar-refractivity contribution in [1.82, 2.24) is 4.90 Å². The molecule has 112 valence electrons. The Morgan fingerprint density at radius 3 is 2.65 bits per heavy atom. The first kappa shape index (κ1) is 17.0. The Bertz CT molecular complexity index is 436. The highest BCUT2D eigenvalue weighted by molar-refractivity contribution is 5.92. The van der Waals surface area contributed by atoms with Gasteiger partial charge in [0.15, 0.2) is 0 Å². The van der Waals surface area contributed by atoms with Gasteiger partial charge in [0.2, 0.25) is 5.91 Å². The van der Waals surface area contributed by atoms with Crippen LogP contribution in [0.15, 0.2) is 30.3 Å². The number of hydrogen-bond acceptors (Lipinski definition) is 3. The molecule has 0 aromatic heterocycles. The van der Waals surface area contributed by atoms with Crippen molar-refractivity contribution in [2.24, 2.45) is 11.1 Å². The van der Waals surface area contributed by atoms with E-state index in [2.05, 4.69) is 24.1 Å². The van der Waals surface area contributed by atoms with Gasteiger partial charge in [-0.3, -0.25) is 9.69 Å². The zero-order valence-corrected chi connectivity index (χ0v) is 13.0. The van der Waals surface area contributed by atoms with Gasteiger partial charge in [0.25, 0.3) is 0 Å². The van der Waals surface area contributed by atoms with E-state index in [1.165, 1.54) is 0 Å². The SMILES string of the molecule is CC1(C)CN(CC(=O)Nc2ccccc2)CCC1N.Cl. The summed E-state index contributed by atoms with van der Waals surface area (Å²) in [4.78, 5) is 14.2. The van der Waals surface area contributed by atoms with Crippen molar-refractivity contribution in [2.75, 3.05) is 25.0 Å². The molecule has 2 rings (SSSR count). The molecular weight excluding hydrogens is 274 g/mol. The number of anilines is 1. The quantitative estimate of drug-likeness (QED) is 0.898. The Balaban J connectivity index is 0.00000200. The van der Waals surface area contributed by atoms with Crippen LogP contribution in [0, 0.1) is 5.41 Å². The molecule has 3 N–H and O–H groups in total. The molecule has 1 heterocycles. The van der Waals surface area contributed by atoms with Crippen molar-refractivity contribution in [3.63, 3.8) is 0 Å². The first-order chi connectivity index (χ1) is 8.97. The number of carbonyl (C=O) groups excluding carboxylic acids is 1. The fraction of sp³-hybridized carbons (Fsp3) is 0.533. The largest absolute Gasteiger partial charge is 0.327 e. The minimum atomic E-state index is 0.